The number of piperazine rings is 1. The number of anilines is 1. The molecule has 4 aromatic rings. The van der Waals surface area contributed by atoms with Gasteiger partial charge < -0.3 is 9.47 Å². The molecule has 3 aromatic carbocycles. The van der Waals surface area contributed by atoms with E-state index in [1.165, 1.54) is 22.4 Å². The summed E-state index contributed by atoms with van der Waals surface area (Å²) in [6.07, 6.45) is 1.73. The predicted octanol–water partition coefficient (Wildman–Crippen LogP) is 5.80. The SMILES string of the molecule is Cc1cc(C)cc(-n2c(C)cc(/C=N\NC(=O)c3ccc(CN4CCN(c5ccccc5)CC4)cc3)c2C)c1. The van der Waals surface area contributed by atoms with Gasteiger partial charge in [-0.15, -0.1) is 0 Å². The highest BCUT2D eigenvalue weighted by Crippen LogP contribution is 2.22. The van der Waals surface area contributed by atoms with E-state index in [1.807, 2.05) is 24.3 Å². The minimum Gasteiger partial charge on any atom is -0.369 e. The molecule has 0 spiro atoms. The van der Waals surface area contributed by atoms with E-state index in [1.54, 1.807) is 6.21 Å². The highest BCUT2D eigenvalue weighted by atomic mass is 16.2. The van der Waals surface area contributed by atoms with Gasteiger partial charge >= 0.3 is 0 Å². The molecule has 1 N–H and O–H groups in total. The molecular weight excluding hydrogens is 482 g/mol. The van der Waals surface area contributed by atoms with Crippen LogP contribution in [0.15, 0.2) is 84.0 Å². The lowest BCUT2D eigenvalue weighted by Crippen LogP contribution is -2.45. The third kappa shape index (κ3) is 6.29. The molecule has 1 amide bonds. The molecule has 200 valence electrons. The highest BCUT2D eigenvalue weighted by molar-refractivity contribution is 5.95. The summed E-state index contributed by atoms with van der Waals surface area (Å²) < 4.78 is 2.23. The largest absolute Gasteiger partial charge is 0.369 e. The maximum absolute atomic E-state index is 12.7. The monoisotopic (exact) mass is 519 g/mol. The van der Waals surface area contributed by atoms with Crippen molar-refractivity contribution >= 4 is 17.8 Å². The molecule has 1 aromatic heterocycles. The second-order valence-electron chi connectivity index (χ2n) is 10.5. The van der Waals surface area contributed by atoms with Gasteiger partial charge in [0.05, 0.1) is 6.21 Å². The van der Waals surface area contributed by atoms with Crippen LogP contribution in [0.5, 0.6) is 0 Å². The number of carbonyl (C=O) groups is 1. The fourth-order valence-electron chi connectivity index (χ4n) is 5.44. The van der Waals surface area contributed by atoms with Crippen molar-refractivity contribution < 1.29 is 4.79 Å². The van der Waals surface area contributed by atoms with Crippen molar-refractivity contribution in [3.63, 3.8) is 0 Å². The number of aromatic nitrogens is 1. The lowest BCUT2D eigenvalue weighted by Gasteiger charge is -2.36. The Hall–Kier alpha value is -4.16. The van der Waals surface area contributed by atoms with Gasteiger partial charge in [-0.05, 0) is 86.8 Å². The van der Waals surface area contributed by atoms with E-state index in [0.717, 1.165) is 55.4 Å². The van der Waals surface area contributed by atoms with Crippen molar-refractivity contribution in [3.8, 4) is 5.69 Å². The van der Waals surface area contributed by atoms with Crippen molar-refractivity contribution in [1.82, 2.24) is 14.9 Å². The Labute approximate surface area is 231 Å². The molecule has 39 heavy (non-hydrogen) atoms. The van der Waals surface area contributed by atoms with Crippen LogP contribution in [0.25, 0.3) is 5.69 Å². The molecule has 1 aliphatic rings. The minimum atomic E-state index is -0.211. The number of amides is 1. The Morgan fingerprint density at radius 3 is 2.15 bits per heavy atom. The van der Waals surface area contributed by atoms with Gasteiger partial charge in [0.15, 0.2) is 0 Å². The Kier molecular flexibility index (Phi) is 7.94. The number of nitrogens with zero attached hydrogens (tertiary/aromatic N) is 4. The first-order valence-corrected chi connectivity index (χ1v) is 13.6. The average Bonchev–Trinajstić information content (AvgIpc) is 3.22. The van der Waals surface area contributed by atoms with Crippen LogP contribution in [-0.4, -0.2) is 47.8 Å². The maximum atomic E-state index is 12.7. The van der Waals surface area contributed by atoms with Gasteiger partial charge in [-0.2, -0.15) is 5.10 Å². The topological polar surface area (TPSA) is 52.9 Å². The van der Waals surface area contributed by atoms with Gasteiger partial charge in [0.2, 0.25) is 0 Å². The van der Waals surface area contributed by atoms with E-state index in [4.69, 9.17) is 0 Å². The number of nitrogens with one attached hydrogen (secondary N) is 1. The number of carbonyl (C=O) groups excluding carboxylic acids is 1. The summed E-state index contributed by atoms with van der Waals surface area (Å²) >= 11 is 0. The van der Waals surface area contributed by atoms with E-state index in [-0.39, 0.29) is 5.91 Å². The van der Waals surface area contributed by atoms with Crippen LogP contribution in [0.3, 0.4) is 0 Å². The second kappa shape index (κ2) is 11.7. The summed E-state index contributed by atoms with van der Waals surface area (Å²) in [6, 6.07) is 27.1. The number of para-hydroxylation sites is 1. The van der Waals surface area contributed by atoms with Crippen LogP contribution in [-0.2, 0) is 6.54 Å². The zero-order valence-electron chi connectivity index (χ0n) is 23.3. The maximum Gasteiger partial charge on any atom is 0.271 e. The minimum absolute atomic E-state index is 0.211. The first-order valence-electron chi connectivity index (χ1n) is 13.6. The summed E-state index contributed by atoms with van der Waals surface area (Å²) in [4.78, 5) is 17.6. The number of aryl methyl sites for hydroxylation is 3. The molecule has 2 heterocycles. The van der Waals surface area contributed by atoms with Gasteiger partial charge in [0, 0.05) is 66.6 Å². The summed E-state index contributed by atoms with van der Waals surface area (Å²) in [5, 5.41) is 4.26. The average molecular weight is 520 g/mol. The molecule has 6 heteroatoms. The first-order chi connectivity index (χ1) is 18.9. The molecule has 5 rings (SSSR count). The standard InChI is InChI=1S/C33H37N5O/c1-24-18-25(2)20-32(19-24)38-26(3)21-30(27(38)4)22-34-35-33(39)29-12-10-28(11-13-29)23-36-14-16-37(17-15-36)31-8-6-5-7-9-31/h5-13,18-22H,14-17,23H2,1-4H3,(H,35,39)/b34-22-. The Balaban J connectivity index is 1.15. The summed E-state index contributed by atoms with van der Waals surface area (Å²) in [6.45, 7) is 13.4. The van der Waals surface area contributed by atoms with Crippen LogP contribution < -0.4 is 10.3 Å². The van der Waals surface area contributed by atoms with Crippen LogP contribution in [0.4, 0.5) is 5.69 Å². The molecule has 1 saturated heterocycles. The molecule has 1 aliphatic heterocycles. The van der Waals surface area contributed by atoms with Crippen molar-refractivity contribution in [1.29, 1.82) is 0 Å². The Morgan fingerprint density at radius 1 is 0.821 bits per heavy atom. The number of hydrogen-bond acceptors (Lipinski definition) is 4. The number of hydrazone groups is 1. The van der Waals surface area contributed by atoms with Crippen LogP contribution in [0.2, 0.25) is 0 Å². The van der Waals surface area contributed by atoms with Crippen LogP contribution >= 0.6 is 0 Å². The van der Waals surface area contributed by atoms with E-state index in [2.05, 4.69) is 107 Å². The lowest BCUT2D eigenvalue weighted by atomic mass is 10.1. The van der Waals surface area contributed by atoms with E-state index in [0.29, 0.717) is 5.56 Å². The lowest BCUT2D eigenvalue weighted by molar-refractivity contribution is 0.0955. The van der Waals surface area contributed by atoms with Crippen molar-refractivity contribution in [2.75, 3.05) is 31.1 Å². The molecule has 0 aliphatic carbocycles. The molecule has 0 atom stereocenters. The summed E-state index contributed by atoms with van der Waals surface area (Å²) in [5.41, 5.74) is 12.6. The van der Waals surface area contributed by atoms with Gasteiger partial charge in [0.25, 0.3) is 5.91 Å². The van der Waals surface area contributed by atoms with Gasteiger partial charge in [0.1, 0.15) is 0 Å². The Bertz CT molecular complexity index is 1440. The van der Waals surface area contributed by atoms with E-state index < -0.39 is 0 Å². The van der Waals surface area contributed by atoms with Crippen molar-refractivity contribution in [2.45, 2.75) is 34.2 Å². The summed E-state index contributed by atoms with van der Waals surface area (Å²) in [5.74, 6) is -0.211. The number of rotatable bonds is 7. The second-order valence-corrected chi connectivity index (χ2v) is 10.5. The van der Waals surface area contributed by atoms with Crippen molar-refractivity contribution in [2.24, 2.45) is 5.10 Å². The number of hydrogen-bond donors (Lipinski definition) is 1. The fraction of sp³-hybridized carbons (Fsp3) is 0.273. The van der Waals surface area contributed by atoms with Crippen LogP contribution in [0.1, 0.15) is 44.0 Å². The van der Waals surface area contributed by atoms with Gasteiger partial charge in [-0.25, -0.2) is 5.43 Å². The summed E-state index contributed by atoms with van der Waals surface area (Å²) in [7, 11) is 0. The molecule has 1 fully saturated rings. The van der Waals surface area contributed by atoms with E-state index >= 15 is 0 Å². The molecule has 0 saturated carbocycles. The number of benzene rings is 3. The zero-order valence-corrected chi connectivity index (χ0v) is 23.3. The van der Waals surface area contributed by atoms with Gasteiger partial charge in [-0.1, -0.05) is 36.4 Å². The van der Waals surface area contributed by atoms with Gasteiger partial charge in [-0.3, -0.25) is 9.69 Å². The third-order valence-corrected chi connectivity index (χ3v) is 7.42. The molecular formula is C33H37N5O. The third-order valence-electron chi connectivity index (χ3n) is 7.42. The quantitative estimate of drug-likeness (QED) is 0.248. The smallest absolute Gasteiger partial charge is 0.271 e. The van der Waals surface area contributed by atoms with Crippen LogP contribution in [0, 0.1) is 27.7 Å². The normalized spacial score (nSPS) is 14.2. The Morgan fingerprint density at radius 2 is 1.49 bits per heavy atom. The molecule has 0 radical (unpaired) electrons. The first kappa shape index (κ1) is 26.4. The fourth-order valence-corrected chi connectivity index (χ4v) is 5.44. The highest BCUT2D eigenvalue weighted by Gasteiger charge is 2.17. The van der Waals surface area contributed by atoms with Crippen molar-refractivity contribution in [3.05, 3.63) is 118 Å². The molecule has 6 nitrogen and oxygen atoms in total. The van der Waals surface area contributed by atoms with E-state index in [9.17, 15) is 4.79 Å². The molecule has 0 bridgehead atoms. The molecule has 0 unspecified atom stereocenters. The zero-order chi connectivity index (χ0) is 27.4. The predicted molar refractivity (Wildman–Crippen MR) is 160 cm³/mol.